The van der Waals surface area contributed by atoms with Crippen LogP contribution in [0.2, 0.25) is 0 Å². The molecule has 4 nitrogen and oxygen atoms in total. The number of amides is 2. The normalized spacial score (nSPS) is 15.7. The third-order valence-corrected chi connectivity index (χ3v) is 5.82. The summed E-state index contributed by atoms with van der Waals surface area (Å²) in [5.74, 6) is -1.16. The van der Waals surface area contributed by atoms with E-state index in [1.54, 1.807) is 11.3 Å². The minimum Gasteiger partial charge on any atom is -0.347 e. The van der Waals surface area contributed by atoms with E-state index in [-0.39, 0.29) is 5.41 Å². The van der Waals surface area contributed by atoms with Crippen molar-refractivity contribution in [3.63, 3.8) is 0 Å². The van der Waals surface area contributed by atoms with Crippen molar-refractivity contribution in [2.45, 2.75) is 44.4 Å². The lowest BCUT2D eigenvalue weighted by molar-refractivity contribution is -0.136. The molecule has 1 heterocycles. The summed E-state index contributed by atoms with van der Waals surface area (Å²) in [7, 11) is 0. The van der Waals surface area contributed by atoms with Gasteiger partial charge in [-0.15, -0.1) is 0 Å². The van der Waals surface area contributed by atoms with Gasteiger partial charge in [0, 0.05) is 17.6 Å². The van der Waals surface area contributed by atoms with Crippen LogP contribution in [0.25, 0.3) is 0 Å². The number of hydrogen-bond donors (Lipinski definition) is 2. The van der Waals surface area contributed by atoms with Gasteiger partial charge in [-0.05, 0) is 53.3 Å². The number of para-hydroxylation sites is 1. The fourth-order valence-corrected chi connectivity index (χ4v) is 4.42. The summed E-state index contributed by atoms with van der Waals surface area (Å²) < 4.78 is 0. The zero-order chi connectivity index (χ0) is 17.7. The molecule has 1 saturated carbocycles. The van der Waals surface area contributed by atoms with Crippen molar-refractivity contribution >= 4 is 28.8 Å². The number of benzene rings is 1. The fraction of sp³-hybridized carbons (Fsp3) is 0.400. The number of hydrogen-bond acceptors (Lipinski definition) is 3. The van der Waals surface area contributed by atoms with Crippen molar-refractivity contribution in [1.29, 1.82) is 0 Å². The van der Waals surface area contributed by atoms with Crippen LogP contribution in [-0.2, 0) is 21.4 Å². The van der Waals surface area contributed by atoms with Gasteiger partial charge in [-0.2, -0.15) is 11.3 Å². The van der Waals surface area contributed by atoms with E-state index in [4.69, 9.17) is 0 Å². The van der Waals surface area contributed by atoms with Crippen LogP contribution in [0.3, 0.4) is 0 Å². The highest BCUT2D eigenvalue weighted by atomic mass is 32.1. The average Bonchev–Trinajstić information content (AvgIpc) is 3.32. The van der Waals surface area contributed by atoms with E-state index in [1.807, 2.05) is 31.2 Å². The molecular formula is C20H24N2O2S. The van der Waals surface area contributed by atoms with Gasteiger partial charge >= 0.3 is 11.8 Å². The standard InChI is InChI=1S/C20H24N2O2S/c1-2-15-7-3-4-8-17(15)22-19(24)18(23)21-14-20(10-5-6-11-20)16-9-12-25-13-16/h3-4,7-9,12-13H,2,5-6,10-11,14H2,1H3,(H,21,23)(H,22,24). The number of carbonyl (C=O) groups excluding carboxylic acids is 2. The summed E-state index contributed by atoms with van der Waals surface area (Å²) in [5, 5.41) is 9.84. The minimum absolute atomic E-state index is 0.0166. The van der Waals surface area contributed by atoms with Gasteiger partial charge in [-0.25, -0.2) is 0 Å². The maximum absolute atomic E-state index is 12.3. The average molecular weight is 356 g/mol. The molecule has 0 atom stereocenters. The molecule has 3 rings (SSSR count). The zero-order valence-corrected chi connectivity index (χ0v) is 15.3. The molecule has 1 fully saturated rings. The second-order valence-electron chi connectivity index (χ2n) is 6.65. The van der Waals surface area contributed by atoms with Crippen molar-refractivity contribution in [3.05, 3.63) is 52.2 Å². The topological polar surface area (TPSA) is 58.2 Å². The fourth-order valence-electron chi connectivity index (χ4n) is 3.64. The van der Waals surface area contributed by atoms with Crippen LogP contribution in [0.5, 0.6) is 0 Å². The third-order valence-electron chi connectivity index (χ3n) is 5.13. The van der Waals surface area contributed by atoms with Crippen LogP contribution in [-0.4, -0.2) is 18.4 Å². The van der Waals surface area contributed by atoms with Crippen LogP contribution in [0.4, 0.5) is 5.69 Å². The lowest BCUT2D eigenvalue weighted by Crippen LogP contribution is -2.43. The Bertz CT molecular complexity index is 734. The number of carbonyl (C=O) groups is 2. The van der Waals surface area contributed by atoms with Crippen molar-refractivity contribution in [3.8, 4) is 0 Å². The van der Waals surface area contributed by atoms with Gasteiger partial charge in [0.05, 0.1) is 0 Å². The summed E-state index contributed by atoms with van der Waals surface area (Å²) in [6.45, 7) is 2.54. The summed E-state index contributed by atoms with van der Waals surface area (Å²) in [4.78, 5) is 24.6. The van der Waals surface area contributed by atoms with Gasteiger partial charge < -0.3 is 10.6 Å². The Morgan fingerprint density at radius 3 is 2.56 bits per heavy atom. The predicted octanol–water partition coefficient (Wildman–Crippen LogP) is 3.88. The maximum Gasteiger partial charge on any atom is 0.313 e. The highest BCUT2D eigenvalue weighted by Gasteiger charge is 2.36. The number of nitrogens with one attached hydrogen (secondary N) is 2. The number of anilines is 1. The molecule has 0 bridgehead atoms. The van der Waals surface area contributed by atoms with E-state index in [0.29, 0.717) is 12.2 Å². The first kappa shape index (κ1) is 17.7. The van der Waals surface area contributed by atoms with E-state index in [2.05, 4.69) is 27.5 Å². The molecule has 0 radical (unpaired) electrons. The smallest absolute Gasteiger partial charge is 0.313 e. The van der Waals surface area contributed by atoms with Crippen molar-refractivity contribution in [2.24, 2.45) is 0 Å². The molecule has 0 unspecified atom stereocenters. The highest BCUT2D eigenvalue weighted by Crippen LogP contribution is 2.41. The molecular weight excluding hydrogens is 332 g/mol. The molecule has 2 N–H and O–H groups in total. The third kappa shape index (κ3) is 3.93. The predicted molar refractivity (Wildman–Crippen MR) is 102 cm³/mol. The minimum atomic E-state index is -0.598. The number of rotatable bonds is 5. The Morgan fingerprint density at radius 1 is 1.12 bits per heavy atom. The van der Waals surface area contributed by atoms with Crippen LogP contribution < -0.4 is 10.6 Å². The van der Waals surface area contributed by atoms with E-state index < -0.39 is 11.8 Å². The molecule has 1 aliphatic rings. The Morgan fingerprint density at radius 2 is 1.88 bits per heavy atom. The Balaban J connectivity index is 1.63. The number of thiophene rings is 1. The first-order valence-corrected chi connectivity index (χ1v) is 9.79. The highest BCUT2D eigenvalue weighted by molar-refractivity contribution is 7.08. The van der Waals surface area contributed by atoms with Gasteiger partial charge in [-0.3, -0.25) is 9.59 Å². The molecule has 0 saturated heterocycles. The van der Waals surface area contributed by atoms with E-state index >= 15 is 0 Å². The van der Waals surface area contributed by atoms with Gasteiger partial charge in [0.1, 0.15) is 0 Å². The molecule has 1 aliphatic carbocycles. The Kier molecular flexibility index (Phi) is 5.53. The monoisotopic (exact) mass is 356 g/mol. The van der Waals surface area contributed by atoms with E-state index in [0.717, 1.165) is 24.8 Å². The van der Waals surface area contributed by atoms with Crippen molar-refractivity contribution in [2.75, 3.05) is 11.9 Å². The summed E-state index contributed by atoms with van der Waals surface area (Å²) in [5.41, 5.74) is 3.00. The molecule has 1 aromatic heterocycles. The molecule has 0 aliphatic heterocycles. The summed E-state index contributed by atoms with van der Waals surface area (Å²) in [6.07, 6.45) is 5.26. The van der Waals surface area contributed by atoms with Crippen LogP contribution in [0.15, 0.2) is 41.1 Å². The molecule has 5 heteroatoms. The second-order valence-corrected chi connectivity index (χ2v) is 7.43. The lowest BCUT2D eigenvalue weighted by Gasteiger charge is -2.28. The van der Waals surface area contributed by atoms with Gasteiger partial charge in [0.15, 0.2) is 0 Å². The molecule has 0 spiro atoms. The molecule has 132 valence electrons. The first-order chi connectivity index (χ1) is 12.1. The lowest BCUT2D eigenvalue weighted by atomic mass is 9.80. The van der Waals surface area contributed by atoms with Gasteiger partial charge in [-0.1, -0.05) is 38.0 Å². The zero-order valence-electron chi connectivity index (χ0n) is 14.5. The van der Waals surface area contributed by atoms with Crippen LogP contribution in [0.1, 0.15) is 43.7 Å². The second kappa shape index (κ2) is 7.83. The maximum atomic E-state index is 12.3. The van der Waals surface area contributed by atoms with E-state index in [9.17, 15) is 9.59 Å². The van der Waals surface area contributed by atoms with Crippen LogP contribution in [0, 0.1) is 0 Å². The Labute approximate surface area is 152 Å². The number of aryl methyl sites for hydroxylation is 1. The van der Waals surface area contributed by atoms with Crippen molar-refractivity contribution in [1.82, 2.24) is 5.32 Å². The quantitative estimate of drug-likeness (QED) is 0.799. The summed E-state index contributed by atoms with van der Waals surface area (Å²) in [6, 6.07) is 9.71. The molecule has 2 amide bonds. The van der Waals surface area contributed by atoms with Gasteiger partial charge in [0.25, 0.3) is 0 Å². The van der Waals surface area contributed by atoms with Crippen molar-refractivity contribution < 1.29 is 9.59 Å². The van der Waals surface area contributed by atoms with Gasteiger partial charge in [0.2, 0.25) is 0 Å². The van der Waals surface area contributed by atoms with Crippen LogP contribution >= 0.6 is 11.3 Å². The molecule has 1 aromatic carbocycles. The first-order valence-electron chi connectivity index (χ1n) is 8.84. The van der Waals surface area contributed by atoms with E-state index in [1.165, 1.54) is 18.4 Å². The molecule has 2 aromatic rings. The summed E-state index contributed by atoms with van der Waals surface area (Å²) >= 11 is 1.68. The molecule has 25 heavy (non-hydrogen) atoms. The Hall–Kier alpha value is -2.14. The SMILES string of the molecule is CCc1ccccc1NC(=O)C(=O)NCC1(c2ccsc2)CCCC1. The largest absolute Gasteiger partial charge is 0.347 e.